The van der Waals surface area contributed by atoms with Crippen LogP contribution in [0, 0.1) is 0 Å². The molecule has 3 aromatic carbocycles. The standard InChI is InChI=1S/C26H30N2O4S/c1-27(18-19-32-26-15-9-8-14-25(26)31-2)20-22-17-16-21-10-6-7-13-24(21)28(22)33(29,30)23-11-4-3-5-12-23/h3-15,22H,16-20H2,1-2H3. The van der Waals surface area contributed by atoms with Gasteiger partial charge in [-0.15, -0.1) is 0 Å². The third-order valence-corrected chi connectivity index (χ3v) is 7.81. The molecule has 1 atom stereocenters. The number of para-hydroxylation sites is 3. The van der Waals surface area contributed by atoms with Crippen LogP contribution in [0.15, 0.2) is 83.8 Å². The number of fused-ring (bicyclic) bond motifs is 1. The van der Waals surface area contributed by atoms with Gasteiger partial charge in [0.2, 0.25) is 0 Å². The zero-order chi connectivity index (χ0) is 23.3. The molecule has 1 unspecified atom stereocenters. The monoisotopic (exact) mass is 466 g/mol. The fourth-order valence-electron chi connectivity index (χ4n) is 4.27. The topological polar surface area (TPSA) is 59.1 Å². The van der Waals surface area contributed by atoms with E-state index in [1.165, 1.54) is 0 Å². The summed E-state index contributed by atoms with van der Waals surface area (Å²) in [6, 6.07) is 23.9. The number of hydrogen-bond acceptors (Lipinski definition) is 5. The Morgan fingerprint density at radius 1 is 0.939 bits per heavy atom. The van der Waals surface area contributed by atoms with Crippen molar-refractivity contribution in [3.8, 4) is 11.5 Å². The van der Waals surface area contributed by atoms with Crippen molar-refractivity contribution in [3.05, 3.63) is 84.4 Å². The minimum atomic E-state index is -3.68. The molecule has 7 heteroatoms. The maximum atomic E-state index is 13.7. The Hall–Kier alpha value is -3.03. The van der Waals surface area contributed by atoms with Gasteiger partial charge in [-0.2, -0.15) is 0 Å². The van der Waals surface area contributed by atoms with Gasteiger partial charge in [0.25, 0.3) is 10.0 Å². The van der Waals surface area contributed by atoms with E-state index in [-0.39, 0.29) is 6.04 Å². The van der Waals surface area contributed by atoms with E-state index in [1.807, 2.05) is 61.6 Å². The maximum Gasteiger partial charge on any atom is 0.264 e. The Morgan fingerprint density at radius 3 is 2.36 bits per heavy atom. The third-order valence-electron chi connectivity index (χ3n) is 5.93. The molecule has 1 aliphatic heterocycles. The second kappa shape index (κ2) is 10.3. The molecule has 6 nitrogen and oxygen atoms in total. The number of likely N-dealkylation sites (N-methyl/N-ethyl adjacent to an activating group) is 1. The predicted molar refractivity (Wildman–Crippen MR) is 131 cm³/mol. The summed E-state index contributed by atoms with van der Waals surface area (Å²) in [6.07, 6.45) is 1.62. The minimum Gasteiger partial charge on any atom is -0.493 e. The molecule has 0 spiro atoms. The summed E-state index contributed by atoms with van der Waals surface area (Å²) in [5.74, 6) is 1.40. The summed E-state index contributed by atoms with van der Waals surface area (Å²) in [5.41, 5.74) is 1.84. The lowest BCUT2D eigenvalue weighted by molar-refractivity contribution is 0.221. The van der Waals surface area contributed by atoms with E-state index in [0.29, 0.717) is 36.1 Å². The van der Waals surface area contributed by atoms with Gasteiger partial charge in [0, 0.05) is 13.1 Å². The van der Waals surface area contributed by atoms with Crippen molar-refractivity contribution in [2.75, 3.05) is 38.2 Å². The maximum absolute atomic E-state index is 13.7. The molecule has 33 heavy (non-hydrogen) atoms. The van der Waals surface area contributed by atoms with E-state index in [0.717, 1.165) is 24.1 Å². The number of anilines is 1. The van der Waals surface area contributed by atoms with Crippen LogP contribution < -0.4 is 13.8 Å². The first-order chi connectivity index (χ1) is 16.0. The van der Waals surface area contributed by atoms with E-state index >= 15 is 0 Å². The van der Waals surface area contributed by atoms with Crippen molar-refractivity contribution in [2.24, 2.45) is 0 Å². The Bertz CT molecular complexity index is 1170. The molecule has 4 rings (SSSR count). The van der Waals surface area contributed by atoms with Crippen LogP contribution in [-0.4, -0.2) is 53.2 Å². The SMILES string of the molecule is COc1ccccc1OCCN(C)CC1CCc2ccccc2N1S(=O)(=O)c1ccccc1. The zero-order valence-electron chi connectivity index (χ0n) is 19.1. The van der Waals surface area contributed by atoms with Gasteiger partial charge < -0.3 is 14.4 Å². The zero-order valence-corrected chi connectivity index (χ0v) is 19.9. The molecule has 0 bridgehead atoms. The third kappa shape index (κ3) is 5.15. The largest absolute Gasteiger partial charge is 0.493 e. The summed E-state index contributed by atoms with van der Waals surface area (Å²) >= 11 is 0. The molecule has 0 aliphatic carbocycles. The van der Waals surface area contributed by atoms with Crippen molar-refractivity contribution in [1.29, 1.82) is 0 Å². The molecule has 0 radical (unpaired) electrons. The van der Waals surface area contributed by atoms with Crippen LogP contribution in [-0.2, 0) is 16.4 Å². The molecular formula is C26H30N2O4S. The lowest BCUT2D eigenvalue weighted by atomic mass is 9.98. The molecule has 0 saturated carbocycles. The van der Waals surface area contributed by atoms with Crippen molar-refractivity contribution < 1.29 is 17.9 Å². The van der Waals surface area contributed by atoms with E-state index in [9.17, 15) is 8.42 Å². The van der Waals surface area contributed by atoms with Gasteiger partial charge in [0.1, 0.15) is 6.61 Å². The van der Waals surface area contributed by atoms with Crippen LogP contribution in [0.1, 0.15) is 12.0 Å². The van der Waals surface area contributed by atoms with E-state index in [4.69, 9.17) is 9.47 Å². The first-order valence-electron chi connectivity index (χ1n) is 11.1. The molecule has 0 fully saturated rings. The lowest BCUT2D eigenvalue weighted by Gasteiger charge is -2.39. The average Bonchev–Trinajstić information content (AvgIpc) is 2.84. The highest BCUT2D eigenvalue weighted by atomic mass is 32.2. The fourth-order valence-corrected chi connectivity index (χ4v) is 6.00. The summed E-state index contributed by atoms with van der Waals surface area (Å²) in [5, 5.41) is 0. The molecular weight excluding hydrogens is 436 g/mol. The number of nitrogens with zero attached hydrogens (tertiary/aromatic N) is 2. The first-order valence-corrected chi connectivity index (χ1v) is 12.6. The van der Waals surface area contributed by atoms with Crippen LogP contribution in [0.25, 0.3) is 0 Å². The second-order valence-corrected chi connectivity index (χ2v) is 10.0. The van der Waals surface area contributed by atoms with Crippen LogP contribution in [0.5, 0.6) is 11.5 Å². The molecule has 0 amide bonds. The van der Waals surface area contributed by atoms with Crippen molar-refractivity contribution in [2.45, 2.75) is 23.8 Å². The Balaban J connectivity index is 1.50. The predicted octanol–water partition coefficient (Wildman–Crippen LogP) is 4.22. The van der Waals surface area contributed by atoms with Crippen LogP contribution in [0.2, 0.25) is 0 Å². The van der Waals surface area contributed by atoms with Gasteiger partial charge in [-0.25, -0.2) is 8.42 Å². The van der Waals surface area contributed by atoms with Crippen LogP contribution in [0.3, 0.4) is 0 Å². The van der Waals surface area contributed by atoms with Crippen molar-refractivity contribution in [3.63, 3.8) is 0 Å². The van der Waals surface area contributed by atoms with Crippen molar-refractivity contribution in [1.82, 2.24) is 4.90 Å². The Morgan fingerprint density at radius 2 is 1.61 bits per heavy atom. The smallest absolute Gasteiger partial charge is 0.264 e. The number of rotatable bonds is 9. The Kier molecular flexibility index (Phi) is 7.20. The number of benzene rings is 3. The van der Waals surface area contributed by atoms with Gasteiger partial charge in [0.05, 0.1) is 23.7 Å². The van der Waals surface area contributed by atoms with Crippen LogP contribution in [0.4, 0.5) is 5.69 Å². The number of methoxy groups -OCH3 is 1. The molecule has 1 heterocycles. The van der Waals surface area contributed by atoms with Gasteiger partial charge in [0.15, 0.2) is 11.5 Å². The van der Waals surface area contributed by atoms with E-state index in [2.05, 4.69) is 4.90 Å². The highest BCUT2D eigenvalue weighted by molar-refractivity contribution is 7.92. The van der Waals surface area contributed by atoms with E-state index in [1.54, 1.807) is 35.7 Å². The highest BCUT2D eigenvalue weighted by Gasteiger charge is 2.36. The van der Waals surface area contributed by atoms with Gasteiger partial charge in [-0.3, -0.25) is 4.31 Å². The van der Waals surface area contributed by atoms with Crippen molar-refractivity contribution >= 4 is 15.7 Å². The quantitative estimate of drug-likeness (QED) is 0.473. The summed E-state index contributed by atoms with van der Waals surface area (Å²) in [7, 11) is -0.0624. The summed E-state index contributed by atoms with van der Waals surface area (Å²) in [4.78, 5) is 2.44. The second-order valence-electron chi connectivity index (χ2n) is 8.20. The Labute approximate surface area is 196 Å². The first kappa shape index (κ1) is 23.1. The normalized spacial score (nSPS) is 15.8. The molecule has 0 saturated heterocycles. The molecule has 1 aliphatic rings. The lowest BCUT2D eigenvalue weighted by Crippen LogP contribution is -2.49. The molecule has 0 N–H and O–H groups in total. The van der Waals surface area contributed by atoms with E-state index < -0.39 is 10.0 Å². The summed E-state index contributed by atoms with van der Waals surface area (Å²) in [6.45, 7) is 1.75. The molecule has 0 aromatic heterocycles. The number of aryl methyl sites for hydroxylation is 1. The van der Waals surface area contributed by atoms with Gasteiger partial charge in [-0.1, -0.05) is 48.5 Å². The van der Waals surface area contributed by atoms with Crippen LogP contribution >= 0.6 is 0 Å². The number of sulfonamides is 1. The number of ether oxygens (including phenoxy) is 2. The molecule has 3 aromatic rings. The van der Waals surface area contributed by atoms with Gasteiger partial charge in [-0.05, 0) is 55.8 Å². The summed E-state index contributed by atoms with van der Waals surface area (Å²) < 4.78 is 40.2. The average molecular weight is 467 g/mol. The molecule has 174 valence electrons. The highest BCUT2D eigenvalue weighted by Crippen LogP contribution is 2.35. The minimum absolute atomic E-state index is 0.165. The van der Waals surface area contributed by atoms with Gasteiger partial charge >= 0.3 is 0 Å². The number of hydrogen-bond donors (Lipinski definition) is 0. The fraction of sp³-hybridized carbons (Fsp3) is 0.308.